The molecule has 3 heteroatoms. The lowest BCUT2D eigenvalue weighted by Gasteiger charge is -2.17. The maximum atomic E-state index is 11.4. The van der Waals surface area contributed by atoms with Crippen LogP contribution in [0.25, 0.3) is 10.8 Å². The van der Waals surface area contributed by atoms with Crippen molar-refractivity contribution in [2.75, 3.05) is 0 Å². The number of amides is 1. The molecule has 1 unspecified atom stereocenters. The van der Waals surface area contributed by atoms with Gasteiger partial charge in [-0.1, -0.05) is 56.3 Å². The molecular weight excluding hydrogens is 254 g/mol. The Morgan fingerprint density at radius 1 is 1.16 bits per heavy atom. The first-order valence-corrected chi connectivity index (χ1v) is 7.52. The molecule has 0 aliphatic rings. The van der Waals surface area contributed by atoms with Gasteiger partial charge in [-0.15, -0.1) is 11.8 Å². The quantitative estimate of drug-likeness (QED) is 0.904. The van der Waals surface area contributed by atoms with Gasteiger partial charge in [0.25, 0.3) is 0 Å². The van der Waals surface area contributed by atoms with Gasteiger partial charge < -0.3 is 5.73 Å². The third kappa shape index (κ3) is 3.29. The molecule has 0 aliphatic heterocycles. The van der Waals surface area contributed by atoms with Crippen LogP contribution in [0.5, 0.6) is 0 Å². The topological polar surface area (TPSA) is 43.1 Å². The minimum Gasteiger partial charge on any atom is -0.369 e. The molecule has 0 fully saturated rings. The average molecular weight is 273 g/mol. The number of benzene rings is 2. The van der Waals surface area contributed by atoms with Crippen molar-refractivity contribution in [1.29, 1.82) is 0 Å². The smallest absolute Gasteiger partial charge is 0.230 e. The predicted molar refractivity (Wildman–Crippen MR) is 83.1 cm³/mol. The van der Waals surface area contributed by atoms with E-state index in [1.54, 1.807) is 11.8 Å². The summed E-state index contributed by atoms with van der Waals surface area (Å²) in [5, 5.41) is 2.37. The molecule has 1 amide bonds. The maximum absolute atomic E-state index is 11.4. The van der Waals surface area contributed by atoms with E-state index in [2.05, 4.69) is 30.3 Å². The molecule has 0 saturated heterocycles. The van der Waals surface area contributed by atoms with Gasteiger partial charge in [0.15, 0.2) is 0 Å². The molecular formula is C16H19NOS. The number of carbonyl (C=O) groups excluding carboxylic acids is 1. The second-order valence-corrected chi connectivity index (χ2v) is 6.15. The van der Waals surface area contributed by atoms with Crippen molar-refractivity contribution in [2.45, 2.75) is 24.9 Å². The third-order valence-electron chi connectivity index (χ3n) is 3.18. The van der Waals surface area contributed by atoms with Crippen molar-refractivity contribution in [2.24, 2.45) is 11.7 Å². The number of nitrogens with two attached hydrogens (primary N) is 1. The summed E-state index contributed by atoms with van der Waals surface area (Å²) >= 11 is 1.63. The van der Waals surface area contributed by atoms with E-state index < -0.39 is 0 Å². The van der Waals surface area contributed by atoms with Crippen molar-refractivity contribution in [3.63, 3.8) is 0 Å². The number of carbonyl (C=O) groups is 1. The Labute approximate surface area is 118 Å². The molecule has 2 N–H and O–H groups in total. The van der Waals surface area contributed by atoms with E-state index in [0.29, 0.717) is 0 Å². The van der Waals surface area contributed by atoms with E-state index in [4.69, 9.17) is 5.73 Å². The van der Waals surface area contributed by atoms with Crippen molar-refractivity contribution in [3.8, 4) is 0 Å². The Morgan fingerprint density at radius 3 is 2.53 bits per heavy atom. The van der Waals surface area contributed by atoms with Gasteiger partial charge in [-0.3, -0.25) is 4.79 Å². The monoisotopic (exact) mass is 273 g/mol. The van der Waals surface area contributed by atoms with Crippen LogP contribution in [-0.2, 0) is 10.5 Å². The van der Waals surface area contributed by atoms with Crippen LogP contribution in [-0.4, -0.2) is 11.2 Å². The largest absolute Gasteiger partial charge is 0.369 e. The summed E-state index contributed by atoms with van der Waals surface area (Å²) in [4.78, 5) is 11.4. The highest BCUT2D eigenvalue weighted by Crippen LogP contribution is 2.27. The molecule has 2 aromatic rings. The normalized spacial score (nSPS) is 12.8. The molecule has 2 rings (SSSR count). The number of fused-ring (bicyclic) bond motifs is 1. The van der Waals surface area contributed by atoms with E-state index in [-0.39, 0.29) is 17.1 Å². The standard InChI is InChI=1S/C16H19NOS/c1-11(2)15(16(17)18)19-10-13-8-5-7-12-6-3-4-9-14(12)13/h3-9,11,15H,10H2,1-2H3,(H2,17,18). The minimum atomic E-state index is -0.222. The highest BCUT2D eigenvalue weighted by molar-refractivity contribution is 7.99. The molecule has 0 aliphatic carbocycles. The second-order valence-electron chi connectivity index (χ2n) is 5.02. The van der Waals surface area contributed by atoms with E-state index in [0.717, 1.165) is 5.75 Å². The molecule has 2 aromatic carbocycles. The maximum Gasteiger partial charge on any atom is 0.230 e. The SMILES string of the molecule is CC(C)C(SCc1cccc2ccccc12)C(N)=O. The first-order chi connectivity index (χ1) is 9.09. The summed E-state index contributed by atoms with van der Waals surface area (Å²) in [7, 11) is 0. The molecule has 0 bridgehead atoms. The summed E-state index contributed by atoms with van der Waals surface area (Å²) in [6.07, 6.45) is 0. The van der Waals surface area contributed by atoms with Crippen molar-refractivity contribution in [3.05, 3.63) is 48.0 Å². The number of hydrogen-bond donors (Lipinski definition) is 1. The Hall–Kier alpha value is -1.48. The summed E-state index contributed by atoms with van der Waals surface area (Å²) in [6, 6.07) is 14.6. The lowest BCUT2D eigenvalue weighted by atomic mass is 10.1. The van der Waals surface area contributed by atoms with Crippen molar-refractivity contribution >= 4 is 28.4 Å². The van der Waals surface area contributed by atoms with Gasteiger partial charge in [-0.25, -0.2) is 0 Å². The Kier molecular flexibility index (Phi) is 4.48. The summed E-state index contributed by atoms with van der Waals surface area (Å²) in [5.41, 5.74) is 6.71. The fourth-order valence-electron chi connectivity index (χ4n) is 2.20. The number of primary amides is 1. The van der Waals surface area contributed by atoms with Gasteiger partial charge in [-0.2, -0.15) is 0 Å². The molecule has 19 heavy (non-hydrogen) atoms. The lowest BCUT2D eigenvalue weighted by molar-refractivity contribution is -0.118. The van der Waals surface area contributed by atoms with E-state index >= 15 is 0 Å². The molecule has 100 valence electrons. The fourth-order valence-corrected chi connectivity index (χ4v) is 3.36. The summed E-state index contributed by atoms with van der Waals surface area (Å²) in [6.45, 7) is 4.07. The molecule has 0 heterocycles. The molecule has 0 aromatic heterocycles. The van der Waals surface area contributed by atoms with Crippen LogP contribution in [0.3, 0.4) is 0 Å². The van der Waals surface area contributed by atoms with Gasteiger partial charge in [0.05, 0.1) is 5.25 Å². The van der Waals surface area contributed by atoms with Crippen LogP contribution in [0, 0.1) is 5.92 Å². The van der Waals surface area contributed by atoms with Gasteiger partial charge >= 0.3 is 0 Å². The summed E-state index contributed by atoms with van der Waals surface area (Å²) in [5.74, 6) is 0.852. The van der Waals surface area contributed by atoms with Crippen LogP contribution in [0.4, 0.5) is 0 Å². The van der Waals surface area contributed by atoms with Gasteiger partial charge in [0.2, 0.25) is 5.91 Å². The van der Waals surface area contributed by atoms with Crippen molar-refractivity contribution < 1.29 is 4.79 Å². The molecule has 2 nitrogen and oxygen atoms in total. The second kappa shape index (κ2) is 6.11. The number of rotatable bonds is 5. The highest BCUT2D eigenvalue weighted by Gasteiger charge is 2.20. The van der Waals surface area contributed by atoms with Crippen LogP contribution >= 0.6 is 11.8 Å². The van der Waals surface area contributed by atoms with Gasteiger partial charge in [0, 0.05) is 5.75 Å². The first-order valence-electron chi connectivity index (χ1n) is 6.47. The Bertz CT molecular complexity index is 574. The van der Waals surface area contributed by atoms with Gasteiger partial charge in [0.1, 0.15) is 0 Å². The zero-order chi connectivity index (χ0) is 13.8. The first kappa shape index (κ1) is 13.9. The van der Waals surface area contributed by atoms with Crippen molar-refractivity contribution in [1.82, 2.24) is 0 Å². The zero-order valence-electron chi connectivity index (χ0n) is 11.3. The zero-order valence-corrected chi connectivity index (χ0v) is 12.1. The number of thioether (sulfide) groups is 1. The van der Waals surface area contributed by atoms with E-state index in [1.165, 1.54) is 16.3 Å². The van der Waals surface area contributed by atoms with Crippen LogP contribution in [0.1, 0.15) is 19.4 Å². The fraction of sp³-hybridized carbons (Fsp3) is 0.312. The lowest BCUT2D eigenvalue weighted by Crippen LogP contribution is -2.30. The van der Waals surface area contributed by atoms with E-state index in [1.807, 2.05) is 26.0 Å². The molecule has 0 radical (unpaired) electrons. The van der Waals surface area contributed by atoms with Gasteiger partial charge in [-0.05, 0) is 22.3 Å². The Morgan fingerprint density at radius 2 is 1.84 bits per heavy atom. The number of hydrogen-bond acceptors (Lipinski definition) is 2. The Balaban J connectivity index is 2.20. The van der Waals surface area contributed by atoms with Crippen LogP contribution < -0.4 is 5.73 Å². The molecule has 1 atom stereocenters. The van der Waals surface area contributed by atoms with E-state index in [9.17, 15) is 4.79 Å². The predicted octanol–water partition coefficient (Wildman–Crippen LogP) is 3.58. The molecule has 0 spiro atoms. The average Bonchev–Trinajstić information content (AvgIpc) is 2.38. The van der Waals surface area contributed by atoms with Crippen LogP contribution in [0.2, 0.25) is 0 Å². The third-order valence-corrected chi connectivity index (χ3v) is 4.80. The summed E-state index contributed by atoms with van der Waals surface area (Å²) < 4.78 is 0. The molecule has 0 saturated carbocycles. The highest BCUT2D eigenvalue weighted by atomic mass is 32.2. The van der Waals surface area contributed by atoms with Crippen LogP contribution in [0.15, 0.2) is 42.5 Å². The minimum absolute atomic E-state index is 0.126.